The van der Waals surface area contributed by atoms with E-state index in [9.17, 15) is 4.79 Å². The van der Waals surface area contributed by atoms with Crippen molar-refractivity contribution in [1.29, 1.82) is 0 Å². The second-order valence-corrected chi connectivity index (χ2v) is 6.64. The first kappa shape index (κ1) is 31.0. The first-order chi connectivity index (χ1) is 16.3. The van der Waals surface area contributed by atoms with E-state index >= 15 is 0 Å². The highest BCUT2D eigenvalue weighted by atomic mass is 35.5. The Labute approximate surface area is 212 Å². The van der Waals surface area contributed by atoms with Crippen LogP contribution in [0.4, 0.5) is 11.5 Å². The summed E-state index contributed by atoms with van der Waals surface area (Å²) in [4.78, 5) is 10.3. The van der Waals surface area contributed by atoms with E-state index < -0.39 is 0 Å². The normalized spacial score (nSPS) is 9.80. The number of anilines is 2. The molecule has 0 aliphatic heterocycles. The molecule has 0 saturated heterocycles. The number of nitrogen functional groups attached to an aromatic ring is 2. The lowest BCUT2D eigenvalue weighted by molar-refractivity contribution is -0.112. The molecule has 0 radical (unpaired) electrons. The van der Waals surface area contributed by atoms with Gasteiger partial charge in [-0.15, -0.1) is 12.4 Å². The van der Waals surface area contributed by atoms with Crippen LogP contribution in [0, 0.1) is 13.8 Å². The number of ether oxygens (including phenoxy) is 3. The highest BCUT2D eigenvalue weighted by Crippen LogP contribution is 2.24. The fourth-order valence-corrected chi connectivity index (χ4v) is 2.64. The number of aromatic nitrogens is 2. The standard InChI is InChI=1S/C11H13N3O.C7H10N2O.C6H9NO2.ClH/c1-8-7-11(12)14(13-8)9-5-3-4-6-10(9)15-2;1-10-7-5-3-2-4-6(7)9-8;1-3-9-6(7)4-5(2)8;/h3-7H,12H2,1-2H3;2-5,9H,8H2,1H3;4H,1,3H2,2H3,(H-,7,8);1H/p+1. The van der Waals surface area contributed by atoms with E-state index in [2.05, 4.69) is 22.2 Å². The lowest BCUT2D eigenvalue weighted by Gasteiger charge is -2.08. The molecule has 0 unspecified atom stereocenters. The lowest BCUT2D eigenvalue weighted by Crippen LogP contribution is -2.07. The lowest BCUT2D eigenvalue weighted by atomic mass is 10.3. The number of para-hydroxylation sites is 4. The Morgan fingerprint density at radius 3 is 2.14 bits per heavy atom. The van der Waals surface area contributed by atoms with Crippen molar-refractivity contribution in [2.24, 2.45) is 11.6 Å². The Kier molecular flexibility index (Phi) is 14.7. The summed E-state index contributed by atoms with van der Waals surface area (Å²) in [5.74, 6) is 7.31. The number of hydrazine groups is 1. The van der Waals surface area contributed by atoms with E-state index in [4.69, 9.17) is 26.8 Å². The molecule has 0 aliphatic carbocycles. The van der Waals surface area contributed by atoms with Crippen LogP contribution in [0.5, 0.6) is 11.5 Å². The topological polar surface area (TPSA) is 153 Å². The quantitative estimate of drug-likeness (QED) is 0.124. The number of hydrogen-bond acceptors (Lipinski definition) is 9. The number of methoxy groups -OCH3 is 2. The van der Waals surface area contributed by atoms with Gasteiger partial charge in [-0.05, 0) is 38.1 Å². The summed E-state index contributed by atoms with van der Waals surface area (Å²) in [6.45, 7) is 6.93. The highest BCUT2D eigenvalue weighted by molar-refractivity contribution is 5.87. The van der Waals surface area contributed by atoms with Crippen LogP contribution >= 0.6 is 12.4 Å². The van der Waals surface area contributed by atoms with Crippen molar-refractivity contribution in [2.75, 3.05) is 32.0 Å². The first-order valence-electron chi connectivity index (χ1n) is 10.2. The van der Waals surface area contributed by atoms with Gasteiger partial charge in [-0.25, -0.2) is 4.68 Å². The van der Waals surface area contributed by atoms with Gasteiger partial charge in [0, 0.05) is 12.1 Å². The maximum Gasteiger partial charge on any atom is 0.225 e. The van der Waals surface area contributed by atoms with Crippen molar-refractivity contribution < 1.29 is 19.0 Å². The molecule has 0 amide bonds. The molecular formula is C24H34ClN6O4+. The third kappa shape index (κ3) is 10.6. The number of allylic oxidation sites excluding steroid dienone is 1. The summed E-state index contributed by atoms with van der Waals surface area (Å²) in [6, 6.07) is 16.9. The molecule has 0 spiro atoms. The summed E-state index contributed by atoms with van der Waals surface area (Å²) in [7, 11) is 3.24. The smallest absolute Gasteiger partial charge is 0.225 e. The van der Waals surface area contributed by atoms with E-state index in [1.165, 1.54) is 13.0 Å². The summed E-state index contributed by atoms with van der Waals surface area (Å²) < 4.78 is 16.6. The van der Waals surface area contributed by atoms with Gasteiger partial charge < -0.3 is 31.1 Å². The van der Waals surface area contributed by atoms with Crippen LogP contribution < -0.4 is 32.2 Å². The fourth-order valence-electron chi connectivity index (χ4n) is 2.64. The number of benzene rings is 2. The number of carbonyl (C=O) groups excluding carboxylic acids is 1. The average Bonchev–Trinajstić information content (AvgIpc) is 3.17. The Bertz CT molecular complexity index is 1050. The summed E-state index contributed by atoms with van der Waals surface area (Å²) >= 11 is 0. The van der Waals surface area contributed by atoms with Crippen molar-refractivity contribution in [2.45, 2.75) is 13.8 Å². The number of halogens is 1. The van der Waals surface area contributed by atoms with Crippen molar-refractivity contribution in [3.63, 3.8) is 0 Å². The Morgan fingerprint density at radius 1 is 1.11 bits per heavy atom. The Morgan fingerprint density at radius 2 is 1.69 bits per heavy atom. The zero-order valence-corrected chi connectivity index (χ0v) is 21.2. The van der Waals surface area contributed by atoms with Crippen LogP contribution in [0.3, 0.4) is 0 Å². The molecule has 190 valence electrons. The van der Waals surface area contributed by atoms with Gasteiger partial charge in [0.1, 0.15) is 29.9 Å². The van der Waals surface area contributed by atoms with Crippen LogP contribution in [-0.4, -0.2) is 36.4 Å². The van der Waals surface area contributed by atoms with Gasteiger partial charge in [-0.3, -0.25) is 10.6 Å². The second-order valence-electron chi connectivity index (χ2n) is 6.64. The molecule has 0 fully saturated rings. The number of hydrogen-bond donors (Lipinski definition) is 4. The van der Waals surface area contributed by atoms with Gasteiger partial charge in [-0.1, -0.05) is 24.3 Å². The molecule has 1 heterocycles. The SMILES string of the molecule is COc1ccccc1-n1nc(C)cc1N.COc1ccccc1NN.Cl.[CH2+]CO/C(N)=C/C(C)=O. The molecule has 0 bridgehead atoms. The van der Waals surface area contributed by atoms with E-state index in [0.29, 0.717) is 5.82 Å². The molecular weight excluding hydrogens is 472 g/mol. The third-order valence-corrected chi connectivity index (χ3v) is 4.05. The summed E-state index contributed by atoms with van der Waals surface area (Å²) in [6.07, 6.45) is 1.21. The maximum atomic E-state index is 10.3. The molecule has 3 rings (SSSR count). The minimum atomic E-state index is -0.124. The number of nitrogens with zero attached hydrogens (tertiary/aromatic N) is 2. The van der Waals surface area contributed by atoms with Crippen molar-refractivity contribution in [3.8, 4) is 17.2 Å². The number of ketones is 1. The number of nitrogens with one attached hydrogen (secondary N) is 1. The van der Waals surface area contributed by atoms with Crippen molar-refractivity contribution in [1.82, 2.24) is 9.78 Å². The number of aryl methyl sites for hydroxylation is 1. The highest BCUT2D eigenvalue weighted by Gasteiger charge is 2.08. The Hall–Kier alpha value is -4.02. The predicted molar refractivity (Wildman–Crippen MR) is 142 cm³/mol. The second kappa shape index (κ2) is 16.6. The monoisotopic (exact) mass is 505 g/mol. The first-order valence-corrected chi connectivity index (χ1v) is 10.2. The van der Waals surface area contributed by atoms with E-state index in [-0.39, 0.29) is 30.7 Å². The minimum Gasteiger partial charge on any atom is -0.495 e. The maximum absolute atomic E-state index is 10.3. The molecule has 11 heteroatoms. The molecule has 1 aromatic heterocycles. The van der Waals surface area contributed by atoms with Gasteiger partial charge in [0.05, 0.1) is 25.6 Å². The number of carbonyl (C=O) groups is 1. The number of nitrogens with two attached hydrogens (primary N) is 3. The molecule has 10 nitrogen and oxygen atoms in total. The van der Waals surface area contributed by atoms with Gasteiger partial charge in [0.15, 0.2) is 11.7 Å². The Balaban J connectivity index is 0.000000513. The summed E-state index contributed by atoms with van der Waals surface area (Å²) in [5.41, 5.74) is 16.1. The molecule has 7 N–H and O–H groups in total. The molecule has 0 aliphatic rings. The zero-order chi connectivity index (χ0) is 25.5. The van der Waals surface area contributed by atoms with Crippen molar-refractivity contribution in [3.05, 3.63) is 79.2 Å². The van der Waals surface area contributed by atoms with Gasteiger partial charge in [0.25, 0.3) is 0 Å². The van der Waals surface area contributed by atoms with E-state index in [1.807, 2.05) is 61.5 Å². The van der Waals surface area contributed by atoms with Gasteiger partial charge in [-0.2, -0.15) is 5.10 Å². The summed E-state index contributed by atoms with van der Waals surface area (Å²) in [5, 5.41) is 4.30. The van der Waals surface area contributed by atoms with Crippen LogP contribution in [0.15, 0.2) is 66.6 Å². The van der Waals surface area contributed by atoms with Crippen LogP contribution in [-0.2, 0) is 9.53 Å². The van der Waals surface area contributed by atoms with Crippen LogP contribution in [0.2, 0.25) is 0 Å². The fraction of sp³-hybridized carbons (Fsp3) is 0.208. The zero-order valence-electron chi connectivity index (χ0n) is 20.4. The van der Waals surface area contributed by atoms with E-state index in [0.717, 1.165) is 28.6 Å². The predicted octanol–water partition coefficient (Wildman–Crippen LogP) is 3.40. The third-order valence-electron chi connectivity index (χ3n) is 4.05. The van der Waals surface area contributed by atoms with Crippen LogP contribution in [0.1, 0.15) is 12.6 Å². The largest absolute Gasteiger partial charge is 0.495 e. The number of rotatable bonds is 7. The molecule has 0 saturated carbocycles. The van der Waals surface area contributed by atoms with E-state index in [1.54, 1.807) is 18.9 Å². The van der Waals surface area contributed by atoms with Gasteiger partial charge >= 0.3 is 0 Å². The van der Waals surface area contributed by atoms with Crippen molar-refractivity contribution >= 4 is 29.7 Å². The molecule has 2 aromatic carbocycles. The minimum absolute atomic E-state index is 0. The molecule has 35 heavy (non-hydrogen) atoms. The van der Waals surface area contributed by atoms with Gasteiger partial charge in [0.2, 0.25) is 6.61 Å². The van der Waals surface area contributed by atoms with Crippen LogP contribution in [0.25, 0.3) is 5.69 Å². The molecule has 3 aromatic rings. The molecule has 0 atom stereocenters. The average molecular weight is 506 g/mol.